The van der Waals surface area contributed by atoms with Crippen LogP contribution in [0.4, 0.5) is 8.78 Å². The molecule has 0 unspecified atom stereocenters. The number of hydrogen-bond donors (Lipinski definition) is 0. The van der Waals surface area contributed by atoms with Crippen molar-refractivity contribution in [1.82, 2.24) is 19.3 Å². The van der Waals surface area contributed by atoms with Gasteiger partial charge in [-0.2, -0.15) is 0 Å². The molecule has 0 saturated carbocycles. The maximum absolute atomic E-state index is 12.9. The van der Waals surface area contributed by atoms with Crippen LogP contribution in [0.2, 0.25) is 0 Å². The van der Waals surface area contributed by atoms with E-state index < -0.39 is 12.1 Å². The first-order valence-corrected chi connectivity index (χ1v) is 10.1. The highest BCUT2D eigenvalue weighted by Crippen LogP contribution is 2.24. The maximum Gasteiger partial charge on any atom is 0.280 e. The second kappa shape index (κ2) is 8.79. The van der Waals surface area contributed by atoms with Crippen molar-refractivity contribution in [3.63, 3.8) is 0 Å². The van der Waals surface area contributed by atoms with Gasteiger partial charge < -0.3 is 14.0 Å². The third-order valence-corrected chi connectivity index (χ3v) is 5.14. The van der Waals surface area contributed by atoms with Gasteiger partial charge in [0, 0.05) is 43.4 Å². The van der Waals surface area contributed by atoms with Crippen LogP contribution in [0.15, 0.2) is 36.7 Å². The number of nitrogens with zero attached hydrogens (tertiary/aromatic N) is 4. The lowest BCUT2D eigenvalue weighted by Gasteiger charge is -2.12. The van der Waals surface area contributed by atoms with E-state index in [0.29, 0.717) is 36.5 Å². The van der Waals surface area contributed by atoms with Gasteiger partial charge in [0.2, 0.25) is 5.91 Å². The van der Waals surface area contributed by atoms with E-state index in [1.165, 1.54) is 18.2 Å². The number of pyridine rings is 2. The van der Waals surface area contributed by atoms with Gasteiger partial charge in [-0.3, -0.25) is 9.59 Å². The smallest absolute Gasteiger partial charge is 0.280 e. The Morgan fingerprint density at radius 3 is 2.81 bits per heavy atom. The molecule has 4 rings (SSSR count). The van der Waals surface area contributed by atoms with E-state index in [2.05, 4.69) is 9.97 Å². The van der Waals surface area contributed by atoms with Crippen LogP contribution in [-0.4, -0.2) is 44.1 Å². The highest BCUT2D eigenvalue weighted by atomic mass is 19.3. The number of amides is 1. The van der Waals surface area contributed by atoms with Crippen LogP contribution < -0.4 is 4.74 Å². The van der Waals surface area contributed by atoms with Gasteiger partial charge in [0.25, 0.3) is 6.43 Å². The Bertz CT molecular complexity index is 1130. The average Bonchev–Trinajstić information content (AvgIpc) is 3.33. The first-order chi connectivity index (χ1) is 14.9. The summed E-state index contributed by atoms with van der Waals surface area (Å²) < 4.78 is 33.3. The van der Waals surface area contributed by atoms with E-state index in [1.807, 2.05) is 13.1 Å². The van der Waals surface area contributed by atoms with Crippen molar-refractivity contribution in [2.45, 2.75) is 39.2 Å². The minimum atomic E-state index is -2.74. The molecule has 162 valence electrons. The van der Waals surface area contributed by atoms with Crippen molar-refractivity contribution in [3.8, 4) is 5.75 Å². The van der Waals surface area contributed by atoms with Crippen LogP contribution in [0.5, 0.6) is 5.75 Å². The van der Waals surface area contributed by atoms with Crippen molar-refractivity contribution in [2.24, 2.45) is 0 Å². The molecule has 0 aromatic carbocycles. The fourth-order valence-corrected chi connectivity index (χ4v) is 3.67. The van der Waals surface area contributed by atoms with E-state index in [0.717, 1.165) is 18.7 Å². The molecular formula is C22H22F2N4O3. The molecule has 0 bridgehead atoms. The molecule has 31 heavy (non-hydrogen) atoms. The highest BCUT2D eigenvalue weighted by molar-refractivity contribution is 5.96. The fraction of sp³-hybridized carbons (Fsp3) is 0.364. The molecule has 3 aromatic rings. The van der Waals surface area contributed by atoms with Crippen LogP contribution in [-0.2, 0) is 17.8 Å². The number of ketones is 1. The van der Waals surface area contributed by atoms with E-state index >= 15 is 0 Å². The van der Waals surface area contributed by atoms with Gasteiger partial charge in [-0.1, -0.05) is 6.07 Å². The van der Waals surface area contributed by atoms with Gasteiger partial charge in [0.05, 0.1) is 18.8 Å². The van der Waals surface area contributed by atoms with Gasteiger partial charge in [-0.15, -0.1) is 0 Å². The van der Waals surface area contributed by atoms with Gasteiger partial charge in [0.15, 0.2) is 5.78 Å². The number of carbonyl (C=O) groups is 2. The summed E-state index contributed by atoms with van der Waals surface area (Å²) in [6, 6.07) is 5.76. The molecule has 1 aliphatic rings. The minimum absolute atomic E-state index is 0.0146. The number of imidazole rings is 1. The minimum Gasteiger partial charge on any atom is -0.493 e. The molecular weight excluding hydrogens is 406 g/mol. The van der Waals surface area contributed by atoms with Crippen molar-refractivity contribution in [2.75, 3.05) is 13.2 Å². The SMILES string of the molecule is CCOc1cc2nc(CN3CCCC3=O)cn2cc1CC(=O)c1cccc(C(F)F)n1. The molecule has 4 heterocycles. The lowest BCUT2D eigenvalue weighted by atomic mass is 10.1. The normalized spacial score (nSPS) is 14.1. The predicted molar refractivity (Wildman–Crippen MR) is 108 cm³/mol. The largest absolute Gasteiger partial charge is 0.493 e. The third-order valence-electron chi connectivity index (χ3n) is 5.14. The Morgan fingerprint density at radius 1 is 1.26 bits per heavy atom. The van der Waals surface area contributed by atoms with Crippen molar-refractivity contribution in [1.29, 1.82) is 0 Å². The van der Waals surface area contributed by atoms with E-state index in [1.54, 1.807) is 21.6 Å². The van der Waals surface area contributed by atoms with Gasteiger partial charge in [-0.05, 0) is 25.5 Å². The molecule has 1 fully saturated rings. The maximum atomic E-state index is 12.9. The van der Waals surface area contributed by atoms with Crippen molar-refractivity contribution in [3.05, 3.63) is 59.3 Å². The molecule has 1 aliphatic heterocycles. The summed E-state index contributed by atoms with van der Waals surface area (Å²) in [5.74, 6) is 0.241. The summed E-state index contributed by atoms with van der Waals surface area (Å²) in [6.45, 7) is 3.39. The highest BCUT2D eigenvalue weighted by Gasteiger charge is 2.22. The number of fused-ring (bicyclic) bond motifs is 1. The summed E-state index contributed by atoms with van der Waals surface area (Å²) in [4.78, 5) is 34.7. The third kappa shape index (κ3) is 4.55. The zero-order valence-corrected chi connectivity index (χ0v) is 17.1. The number of hydrogen-bond acceptors (Lipinski definition) is 5. The number of rotatable bonds is 8. The van der Waals surface area contributed by atoms with E-state index in [-0.39, 0.29) is 23.8 Å². The van der Waals surface area contributed by atoms with Crippen LogP contribution in [0.1, 0.15) is 53.6 Å². The Hall–Kier alpha value is -3.36. The summed E-state index contributed by atoms with van der Waals surface area (Å²) in [5.41, 5.74) is 1.54. The lowest BCUT2D eigenvalue weighted by molar-refractivity contribution is -0.128. The molecule has 0 spiro atoms. The predicted octanol–water partition coefficient (Wildman–Crippen LogP) is 3.61. The van der Waals surface area contributed by atoms with Gasteiger partial charge in [-0.25, -0.2) is 18.7 Å². The zero-order chi connectivity index (χ0) is 22.0. The zero-order valence-electron chi connectivity index (χ0n) is 17.1. The van der Waals surface area contributed by atoms with E-state index in [9.17, 15) is 18.4 Å². The Kier molecular flexibility index (Phi) is 5.92. The number of Topliss-reactive ketones (excluding diaryl/α,β-unsaturated/α-hetero) is 1. The van der Waals surface area contributed by atoms with Crippen LogP contribution in [0, 0.1) is 0 Å². The quantitative estimate of drug-likeness (QED) is 0.513. The number of ether oxygens (including phenoxy) is 1. The molecule has 7 nitrogen and oxygen atoms in total. The van der Waals surface area contributed by atoms with Crippen LogP contribution in [0.25, 0.3) is 5.65 Å². The molecule has 1 saturated heterocycles. The Balaban J connectivity index is 1.61. The molecule has 0 N–H and O–H groups in total. The summed E-state index contributed by atoms with van der Waals surface area (Å²) in [7, 11) is 0. The average molecular weight is 428 g/mol. The van der Waals surface area contributed by atoms with Crippen molar-refractivity contribution >= 4 is 17.3 Å². The molecule has 3 aromatic heterocycles. The second-order valence-corrected chi connectivity index (χ2v) is 7.36. The van der Waals surface area contributed by atoms with Gasteiger partial charge in [0.1, 0.15) is 22.8 Å². The lowest BCUT2D eigenvalue weighted by Crippen LogP contribution is -2.23. The van der Waals surface area contributed by atoms with Crippen molar-refractivity contribution < 1.29 is 23.1 Å². The summed E-state index contributed by atoms with van der Waals surface area (Å²) in [6.07, 6.45) is 2.19. The standard InChI is InChI=1S/C22H22F2N4O3/c1-2-31-19-10-20-25-15(12-27-8-4-7-21(27)30)13-28(20)11-14(19)9-18(29)16-5-3-6-17(26-16)22(23)24/h3,5-6,10-11,13,22H,2,4,7-9,12H2,1H3. The molecule has 0 radical (unpaired) electrons. The Morgan fingerprint density at radius 2 is 2.10 bits per heavy atom. The second-order valence-electron chi connectivity index (χ2n) is 7.36. The van der Waals surface area contributed by atoms with E-state index in [4.69, 9.17) is 4.74 Å². The number of halogens is 2. The number of alkyl halides is 2. The number of carbonyl (C=O) groups excluding carboxylic acids is 2. The number of aromatic nitrogens is 3. The van der Waals surface area contributed by atoms with Crippen LogP contribution in [0.3, 0.4) is 0 Å². The molecule has 9 heteroatoms. The monoisotopic (exact) mass is 428 g/mol. The molecule has 0 atom stereocenters. The summed E-state index contributed by atoms with van der Waals surface area (Å²) >= 11 is 0. The van der Waals surface area contributed by atoms with Crippen LogP contribution >= 0.6 is 0 Å². The van der Waals surface area contributed by atoms with Gasteiger partial charge >= 0.3 is 0 Å². The molecule has 1 amide bonds. The molecule has 0 aliphatic carbocycles. The first-order valence-electron chi connectivity index (χ1n) is 10.1. The topological polar surface area (TPSA) is 76.8 Å². The number of likely N-dealkylation sites (tertiary alicyclic amines) is 1. The first kappa shape index (κ1) is 20.9. The summed E-state index contributed by atoms with van der Waals surface area (Å²) in [5, 5.41) is 0. The fourth-order valence-electron chi connectivity index (χ4n) is 3.67. The Labute approximate surface area is 177 Å².